The van der Waals surface area contributed by atoms with E-state index in [2.05, 4.69) is 5.32 Å². The van der Waals surface area contributed by atoms with Crippen molar-refractivity contribution in [3.8, 4) is 0 Å². The molecule has 1 aromatic carbocycles. The van der Waals surface area contributed by atoms with E-state index >= 15 is 0 Å². The van der Waals surface area contributed by atoms with Crippen LogP contribution in [0, 0.1) is 5.82 Å². The van der Waals surface area contributed by atoms with Gasteiger partial charge in [-0.3, -0.25) is 0 Å². The summed E-state index contributed by atoms with van der Waals surface area (Å²) in [5, 5.41) is 7.86. The Morgan fingerprint density at radius 3 is 2.75 bits per heavy atom. The van der Waals surface area contributed by atoms with Gasteiger partial charge in [0.1, 0.15) is 5.82 Å². The average molecular weight is 246 g/mol. The Kier molecular flexibility index (Phi) is 4.85. The molecule has 0 aliphatic rings. The lowest BCUT2D eigenvalue weighted by Crippen LogP contribution is -2.22. The van der Waals surface area contributed by atoms with Crippen LogP contribution in [0.25, 0.3) is 0 Å². The third kappa shape index (κ3) is 5.79. The van der Waals surface area contributed by atoms with Crippen LogP contribution < -0.4 is 10.5 Å². The molecule has 0 aliphatic heterocycles. The molecule has 0 radical (unpaired) electrons. The molecule has 0 amide bonds. The highest BCUT2D eigenvalue weighted by Crippen LogP contribution is 2.02. The van der Waals surface area contributed by atoms with Crippen LogP contribution in [0.3, 0.4) is 0 Å². The van der Waals surface area contributed by atoms with Crippen molar-refractivity contribution in [3.63, 3.8) is 0 Å². The third-order valence-electron chi connectivity index (χ3n) is 2.00. The predicted octanol–water partition coefficient (Wildman–Crippen LogP) is 0.594. The molecule has 0 aliphatic carbocycles. The second kappa shape index (κ2) is 5.93. The summed E-state index contributed by atoms with van der Waals surface area (Å²) in [6.07, 6.45) is 0.453. The van der Waals surface area contributed by atoms with Crippen LogP contribution in [0.1, 0.15) is 12.0 Å². The van der Waals surface area contributed by atoms with Gasteiger partial charge in [0.25, 0.3) is 0 Å². The van der Waals surface area contributed by atoms with Crippen LogP contribution in [-0.2, 0) is 16.6 Å². The number of hydrogen-bond donors (Lipinski definition) is 2. The Labute approximate surface area is 94.7 Å². The Morgan fingerprint density at radius 1 is 1.38 bits per heavy atom. The molecule has 6 heteroatoms. The first-order chi connectivity index (χ1) is 7.47. The zero-order chi connectivity index (χ0) is 12.0. The molecule has 0 saturated heterocycles. The summed E-state index contributed by atoms with van der Waals surface area (Å²) in [5.41, 5.74) is 0.829. The van der Waals surface area contributed by atoms with Crippen LogP contribution in [0.5, 0.6) is 0 Å². The third-order valence-corrected chi connectivity index (χ3v) is 2.86. The molecule has 3 N–H and O–H groups in total. The van der Waals surface area contributed by atoms with Gasteiger partial charge in [0.15, 0.2) is 0 Å². The lowest BCUT2D eigenvalue weighted by Gasteiger charge is -2.04. The van der Waals surface area contributed by atoms with Gasteiger partial charge >= 0.3 is 0 Å². The molecule has 0 unspecified atom stereocenters. The SMILES string of the molecule is NS(=O)(=O)CCCNCc1cccc(F)c1. The molecule has 1 rings (SSSR count). The summed E-state index contributed by atoms with van der Waals surface area (Å²) >= 11 is 0. The predicted molar refractivity (Wildman–Crippen MR) is 60.7 cm³/mol. The number of nitrogens with two attached hydrogens (primary N) is 1. The Hall–Kier alpha value is -0.980. The quantitative estimate of drug-likeness (QED) is 0.722. The van der Waals surface area contributed by atoms with Gasteiger partial charge in [0.05, 0.1) is 5.75 Å². The highest BCUT2D eigenvalue weighted by Gasteiger charge is 2.01. The van der Waals surface area contributed by atoms with E-state index < -0.39 is 10.0 Å². The number of nitrogens with one attached hydrogen (secondary N) is 1. The highest BCUT2D eigenvalue weighted by molar-refractivity contribution is 7.89. The molecule has 0 heterocycles. The maximum absolute atomic E-state index is 12.8. The van der Waals surface area contributed by atoms with Crippen LogP contribution in [0.15, 0.2) is 24.3 Å². The molecular formula is C10H15FN2O2S. The number of primary sulfonamides is 1. The van der Waals surface area contributed by atoms with Crippen molar-refractivity contribution in [2.45, 2.75) is 13.0 Å². The first-order valence-electron chi connectivity index (χ1n) is 4.93. The first kappa shape index (κ1) is 13.1. The summed E-state index contributed by atoms with van der Waals surface area (Å²) in [4.78, 5) is 0. The maximum atomic E-state index is 12.8. The molecule has 0 aromatic heterocycles. The van der Waals surface area contributed by atoms with Gasteiger partial charge < -0.3 is 5.32 Å². The van der Waals surface area contributed by atoms with Crippen LogP contribution in [0.2, 0.25) is 0 Å². The number of halogens is 1. The average Bonchev–Trinajstić information content (AvgIpc) is 2.15. The molecule has 4 nitrogen and oxygen atoms in total. The summed E-state index contributed by atoms with van der Waals surface area (Å²) < 4.78 is 34.0. The van der Waals surface area contributed by atoms with E-state index in [0.717, 1.165) is 5.56 Å². The number of rotatable bonds is 6. The van der Waals surface area contributed by atoms with E-state index in [4.69, 9.17) is 5.14 Å². The van der Waals surface area contributed by atoms with Gasteiger partial charge in [-0.2, -0.15) is 0 Å². The highest BCUT2D eigenvalue weighted by atomic mass is 32.2. The largest absolute Gasteiger partial charge is 0.313 e. The minimum Gasteiger partial charge on any atom is -0.313 e. The number of benzene rings is 1. The Morgan fingerprint density at radius 2 is 2.12 bits per heavy atom. The maximum Gasteiger partial charge on any atom is 0.209 e. The van der Waals surface area contributed by atoms with E-state index in [1.54, 1.807) is 12.1 Å². The molecule has 1 aromatic rings. The minimum atomic E-state index is -3.38. The summed E-state index contributed by atoms with van der Waals surface area (Å²) in [5.74, 6) is -0.313. The van der Waals surface area contributed by atoms with Crippen molar-refractivity contribution in [1.82, 2.24) is 5.32 Å². The smallest absolute Gasteiger partial charge is 0.209 e. The Bertz CT molecular complexity index is 434. The zero-order valence-corrected chi connectivity index (χ0v) is 9.63. The topological polar surface area (TPSA) is 72.2 Å². The lowest BCUT2D eigenvalue weighted by molar-refractivity contribution is 0.590. The molecule has 16 heavy (non-hydrogen) atoms. The zero-order valence-electron chi connectivity index (χ0n) is 8.82. The molecular weight excluding hydrogens is 231 g/mol. The van der Waals surface area contributed by atoms with Gasteiger partial charge in [-0.25, -0.2) is 17.9 Å². The molecule has 90 valence electrons. The molecule has 0 saturated carbocycles. The summed E-state index contributed by atoms with van der Waals surface area (Å²) in [6, 6.07) is 6.25. The van der Waals surface area contributed by atoms with Crippen LogP contribution in [-0.4, -0.2) is 20.7 Å². The van der Waals surface area contributed by atoms with Crippen LogP contribution >= 0.6 is 0 Å². The fourth-order valence-corrected chi connectivity index (χ4v) is 1.82. The van der Waals surface area contributed by atoms with Gasteiger partial charge in [-0.1, -0.05) is 12.1 Å². The van der Waals surface area contributed by atoms with Crippen molar-refractivity contribution < 1.29 is 12.8 Å². The van der Waals surface area contributed by atoms with Crippen molar-refractivity contribution in [1.29, 1.82) is 0 Å². The summed E-state index contributed by atoms with van der Waals surface area (Å²) in [7, 11) is -3.38. The number of hydrogen-bond acceptors (Lipinski definition) is 3. The van der Waals surface area contributed by atoms with E-state index in [9.17, 15) is 12.8 Å². The second-order valence-electron chi connectivity index (χ2n) is 3.53. The van der Waals surface area contributed by atoms with Gasteiger partial charge in [0, 0.05) is 6.54 Å². The number of sulfonamides is 1. The normalized spacial score (nSPS) is 11.6. The summed E-state index contributed by atoms with van der Waals surface area (Å²) in [6.45, 7) is 1.05. The van der Waals surface area contributed by atoms with E-state index in [1.807, 2.05) is 0 Å². The minimum absolute atomic E-state index is 0.0385. The molecule has 0 spiro atoms. The van der Waals surface area contributed by atoms with E-state index in [1.165, 1.54) is 12.1 Å². The molecule has 0 bridgehead atoms. The molecule has 0 atom stereocenters. The van der Waals surface area contributed by atoms with Crippen molar-refractivity contribution in [2.24, 2.45) is 5.14 Å². The van der Waals surface area contributed by atoms with Gasteiger partial charge in [-0.15, -0.1) is 0 Å². The first-order valence-corrected chi connectivity index (χ1v) is 6.64. The Balaban J connectivity index is 2.21. The van der Waals surface area contributed by atoms with Crippen molar-refractivity contribution in [3.05, 3.63) is 35.6 Å². The second-order valence-corrected chi connectivity index (χ2v) is 5.26. The van der Waals surface area contributed by atoms with E-state index in [-0.39, 0.29) is 11.6 Å². The van der Waals surface area contributed by atoms with Gasteiger partial charge in [-0.05, 0) is 30.7 Å². The monoisotopic (exact) mass is 246 g/mol. The standard InChI is InChI=1S/C10H15FN2O2S/c11-10-4-1-3-9(7-10)8-13-5-2-6-16(12,14)15/h1,3-4,7,13H,2,5-6,8H2,(H2,12,14,15). The fraction of sp³-hybridized carbons (Fsp3) is 0.400. The van der Waals surface area contributed by atoms with Crippen LogP contribution in [0.4, 0.5) is 4.39 Å². The van der Waals surface area contributed by atoms with Crippen molar-refractivity contribution in [2.75, 3.05) is 12.3 Å². The fourth-order valence-electron chi connectivity index (χ4n) is 1.28. The molecule has 0 fully saturated rings. The van der Waals surface area contributed by atoms with E-state index in [0.29, 0.717) is 19.5 Å². The lowest BCUT2D eigenvalue weighted by atomic mass is 10.2. The van der Waals surface area contributed by atoms with Gasteiger partial charge in [0.2, 0.25) is 10.0 Å². The van der Waals surface area contributed by atoms with Crippen molar-refractivity contribution >= 4 is 10.0 Å².